The van der Waals surface area contributed by atoms with Gasteiger partial charge in [0.15, 0.2) is 0 Å². The average Bonchev–Trinajstić information content (AvgIpc) is 2.36. The van der Waals surface area contributed by atoms with Gasteiger partial charge in [-0.15, -0.1) is 0 Å². The number of nitrogens with one attached hydrogen (secondary N) is 1. The molecule has 0 bridgehead atoms. The second kappa shape index (κ2) is 6.94. The van der Waals surface area contributed by atoms with E-state index >= 15 is 0 Å². The van der Waals surface area contributed by atoms with E-state index in [1.807, 2.05) is 6.92 Å². The van der Waals surface area contributed by atoms with Crippen LogP contribution in [0.1, 0.15) is 5.56 Å². The molecule has 0 aliphatic rings. The fourth-order valence-corrected chi connectivity index (χ4v) is 2.77. The Kier molecular flexibility index (Phi) is 5.82. The molecule has 1 N–H and O–H groups in total. The lowest BCUT2D eigenvalue weighted by Gasteiger charge is -2.23. The highest BCUT2D eigenvalue weighted by atomic mass is 79.9. The molecular weight excluding hydrogens is 348 g/mol. The Balaban J connectivity index is 2.90. The monoisotopic (exact) mass is 364 g/mol. The molecule has 6 nitrogen and oxygen atoms in total. The second-order valence-electron chi connectivity index (χ2n) is 4.19. The van der Waals surface area contributed by atoms with Crippen molar-refractivity contribution >= 4 is 37.7 Å². The van der Waals surface area contributed by atoms with Gasteiger partial charge >= 0.3 is 6.09 Å². The zero-order valence-corrected chi connectivity index (χ0v) is 13.9. The maximum atomic E-state index is 11.8. The van der Waals surface area contributed by atoms with Crippen LogP contribution in [0.5, 0.6) is 0 Å². The van der Waals surface area contributed by atoms with Gasteiger partial charge in [-0.05, 0) is 30.7 Å². The van der Waals surface area contributed by atoms with Crippen LogP contribution in [0.25, 0.3) is 0 Å². The predicted octanol–water partition coefficient (Wildman–Crippen LogP) is 1.88. The van der Waals surface area contributed by atoms with Gasteiger partial charge in [0.1, 0.15) is 0 Å². The molecule has 0 aliphatic carbocycles. The molecule has 1 rings (SSSR count). The summed E-state index contributed by atoms with van der Waals surface area (Å²) in [6, 6.07) is 5.26. The standard InChI is InChI=1S/C12H17BrN2O4S/c1-9-8-10(4-5-11(9)13)15(20(3,17)18)7-6-14-12(16)19-2/h4-5,8H,6-7H2,1-3H3,(H,14,16). The quantitative estimate of drug-likeness (QED) is 0.865. The van der Waals surface area contributed by atoms with Crippen molar-refractivity contribution in [2.45, 2.75) is 6.92 Å². The van der Waals surface area contributed by atoms with Crippen molar-refractivity contribution in [1.29, 1.82) is 0 Å². The van der Waals surface area contributed by atoms with Crippen molar-refractivity contribution in [3.63, 3.8) is 0 Å². The molecular formula is C12H17BrN2O4S. The summed E-state index contributed by atoms with van der Waals surface area (Å²) in [7, 11) is -2.17. The van der Waals surface area contributed by atoms with Crippen LogP contribution in [0.4, 0.5) is 10.5 Å². The number of alkyl carbamates (subject to hydrolysis) is 1. The largest absolute Gasteiger partial charge is 0.453 e. The molecule has 0 heterocycles. The number of nitrogens with zero attached hydrogens (tertiary/aromatic N) is 1. The van der Waals surface area contributed by atoms with Crippen LogP contribution >= 0.6 is 15.9 Å². The van der Waals surface area contributed by atoms with Crippen molar-refractivity contribution in [2.75, 3.05) is 30.8 Å². The first-order chi connectivity index (χ1) is 9.25. The highest BCUT2D eigenvalue weighted by Gasteiger charge is 2.17. The van der Waals surface area contributed by atoms with E-state index in [0.717, 1.165) is 16.3 Å². The Morgan fingerprint density at radius 3 is 2.60 bits per heavy atom. The Morgan fingerprint density at radius 1 is 1.45 bits per heavy atom. The SMILES string of the molecule is COC(=O)NCCN(c1ccc(Br)c(C)c1)S(C)(=O)=O. The molecule has 0 unspecified atom stereocenters. The summed E-state index contributed by atoms with van der Waals surface area (Å²) in [6.07, 6.45) is 0.535. The lowest BCUT2D eigenvalue weighted by atomic mass is 10.2. The van der Waals surface area contributed by atoms with Crippen LogP contribution in [0.3, 0.4) is 0 Å². The van der Waals surface area contributed by atoms with Crippen LogP contribution in [0, 0.1) is 6.92 Å². The molecule has 0 saturated heterocycles. The molecule has 8 heteroatoms. The van der Waals surface area contributed by atoms with E-state index in [0.29, 0.717) is 5.69 Å². The minimum atomic E-state index is -3.43. The number of sulfonamides is 1. The number of amides is 1. The molecule has 0 saturated carbocycles. The Labute approximate surface area is 127 Å². The number of halogens is 1. The Hall–Kier alpha value is -1.28. The van der Waals surface area contributed by atoms with Gasteiger partial charge in [0.25, 0.3) is 0 Å². The van der Waals surface area contributed by atoms with E-state index in [2.05, 4.69) is 26.0 Å². The number of anilines is 1. The summed E-state index contributed by atoms with van der Waals surface area (Å²) < 4.78 is 30.3. The molecule has 1 aromatic carbocycles. The third kappa shape index (κ3) is 4.68. The molecule has 0 radical (unpaired) electrons. The number of aryl methyl sites for hydroxylation is 1. The van der Waals surface area contributed by atoms with E-state index in [4.69, 9.17) is 0 Å². The molecule has 0 atom stereocenters. The molecule has 20 heavy (non-hydrogen) atoms. The van der Waals surface area contributed by atoms with Gasteiger partial charge in [0.2, 0.25) is 10.0 Å². The number of carbonyl (C=O) groups excluding carboxylic acids is 1. The van der Waals surface area contributed by atoms with Crippen LogP contribution in [0.2, 0.25) is 0 Å². The molecule has 1 amide bonds. The topological polar surface area (TPSA) is 75.7 Å². The van der Waals surface area contributed by atoms with Gasteiger partial charge in [0.05, 0.1) is 25.6 Å². The minimum absolute atomic E-state index is 0.134. The van der Waals surface area contributed by atoms with Crippen LogP contribution in [0.15, 0.2) is 22.7 Å². The van der Waals surface area contributed by atoms with E-state index in [9.17, 15) is 13.2 Å². The highest BCUT2D eigenvalue weighted by molar-refractivity contribution is 9.10. The molecule has 0 fully saturated rings. The van der Waals surface area contributed by atoms with Crippen LogP contribution in [-0.2, 0) is 14.8 Å². The summed E-state index contributed by atoms with van der Waals surface area (Å²) in [5.74, 6) is 0. The lowest BCUT2D eigenvalue weighted by molar-refractivity contribution is 0.171. The average molecular weight is 365 g/mol. The first-order valence-corrected chi connectivity index (χ1v) is 8.45. The van der Waals surface area contributed by atoms with Crippen molar-refractivity contribution in [2.24, 2.45) is 0 Å². The first-order valence-electron chi connectivity index (χ1n) is 5.81. The van der Waals surface area contributed by atoms with E-state index < -0.39 is 16.1 Å². The number of hydrogen-bond donors (Lipinski definition) is 1. The molecule has 112 valence electrons. The fraction of sp³-hybridized carbons (Fsp3) is 0.417. The van der Waals surface area contributed by atoms with Gasteiger partial charge in [-0.3, -0.25) is 4.31 Å². The van der Waals surface area contributed by atoms with Crippen LogP contribution < -0.4 is 9.62 Å². The van der Waals surface area contributed by atoms with Crippen molar-refractivity contribution in [3.8, 4) is 0 Å². The summed E-state index contributed by atoms with van der Waals surface area (Å²) in [5.41, 5.74) is 1.48. The van der Waals surface area contributed by atoms with Gasteiger partial charge in [-0.25, -0.2) is 13.2 Å². The van der Waals surface area contributed by atoms with Crippen molar-refractivity contribution in [1.82, 2.24) is 5.32 Å². The lowest BCUT2D eigenvalue weighted by Crippen LogP contribution is -2.38. The number of benzene rings is 1. The Bertz CT molecular complexity index is 589. The van der Waals surface area contributed by atoms with E-state index in [-0.39, 0.29) is 13.1 Å². The highest BCUT2D eigenvalue weighted by Crippen LogP contribution is 2.24. The van der Waals surface area contributed by atoms with E-state index in [1.54, 1.807) is 18.2 Å². The van der Waals surface area contributed by atoms with Crippen molar-refractivity contribution in [3.05, 3.63) is 28.2 Å². The predicted molar refractivity (Wildman–Crippen MR) is 81.5 cm³/mol. The third-order valence-corrected chi connectivity index (χ3v) is 4.68. The normalized spacial score (nSPS) is 11.0. The third-order valence-electron chi connectivity index (χ3n) is 2.60. The summed E-state index contributed by atoms with van der Waals surface area (Å²) >= 11 is 3.37. The molecule has 1 aromatic rings. The minimum Gasteiger partial charge on any atom is -0.453 e. The fourth-order valence-electron chi connectivity index (χ4n) is 1.60. The molecule has 0 aromatic heterocycles. The zero-order chi connectivity index (χ0) is 15.3. The summed E-state index contributed by atoms with van der Waals surface area (Å²) in [4.78, 5) is 11.0. The number of ether oxygens (including phenoxy) is 1. The number of hydrogen-bond acceptors (Lipinski definition) is 4. The maximum Gasteiger partial charge on any atom is 0.406 e. The Morgan fingerprint density at radius 2 is 2.10 bits per heavy atom. The number of methoxy groups -OCH3 is 1. The summed E-state index contributed by atoms with van der Waals surface area (Å²) in [5, 5.41) is 2.45. The molecule has 0 aliphatic heterocycles. The second-order valence-corrected chi connectivity index (χ2v) is 6.95. The van der Waals surface area contributed by atoms with Crippen LogP contribution in [-0.4, -0.2) is 41.0 Å². The maximum absolute atomic E-state index is 11.8. The van der Waals surface area contributed by atoms with E-state index in [1.165, 1.54) is 11.4 Å². The first kappa shape index (κ1) is 16.8. The number of rotatable bonds is 5. The van der Waals surface area contributed by atoms with Gasteiger partial charge < -0.3 is 10.1 Å². The molecule has 0 spiro atoms. The van der Waals surface area contributed by atoms with Gasteiger partial charge in [0, 0.05) is 11.0 Å². The van der Waals surface area contributed by atoms with Crippen molar-refractivity contribution < 1.29 is 17.9 Å². The smallest absolute Gasteiger partial charge is 0.406 e. The number of carbonyl (C=O) groups is 1. The van der Waals surface area contributed by atoms with Gasteiger partial charge in [-0.1, -0.05) is 15.9 Å². The zero-order valence-electron chi connectivity index (χ0n) is 11.5. The summed E-state index contributed by atoms with van der Waals surface area (Å²) in [6.45, 7) is 2.17. The van der Waals surface area contributed by atoms with Gasteiger partial charge in [-0.2, -0.15) is 0 Å².